The lowest BCUT2D eigenvalue weighted by molar-refractivity contribution is 0.160. The third kappa shape index (κ3) is 2.46. The average molecular weight is 260 g/mol. The first kappa shape index (κ1) is 12.5. The molecule has 4 heteroatoms. The van der Waals surface area contributed by atoms with E-state index in [0.717, 1.165) is 36.8 Å². The van der Waals surface area contributed by atoms with Crippen molar-refractivity contribution in [3.05, 3.63) is 30.0 Å². The molecule has 1 saturated heterocycles. The molecule has 0 radical (unpaired) electrons. The second-order valence-electron chi connectivity index (χ2n) is 5.31. The maximum atomic E-state index is 9.58. The molecule has 1 atom stereocenters. The van der Waals surface area contributed by atoms with Gasteiger partial charge in [-0.25, -0.2) is 0 Å². The molecular formula is C15H20N2O2. The summed E-state index contributed by atoms with van der Waals surface area (Å²) in [6, 6.07) is 5.75. The molecule has 19 heavy (non-hydrogen) atoms. The Morgan fingerprint density at radius 1 is 1.37 bits per heavy atom. The largest absolute Gasteiger partial charge is 0.508 e. The molecule has 102 valence electrons. The number of aromatic hydroxyl groups is 1. The van der Waals surface area contributed by atoms with Gasteiger partial charge in [-0.2, -0.15) is 0 Å². The number of aromatic nitrogens is 1. The van der Waals surface area contributed by atoms with E-state index in [1.807, 2.05) is 18.3 Å². The van der Waals surface area contributed by atoms with E-state index < -0.39 is 0 Å². The van der Waals surface area contributed by atoms with Crippen molar-refractivity contribution in [1.29, 1.82) is 0 Å². The van der Waals surface area contributed by atoms with Crippen LogP contribution >= 0.6 is 0 Å². The predicted molar refractivity (Wildman–Crippen MR) is 75.3 cm³/mol. The highest BCUT2D eigenvalue weighted by Gasteiger charge is 2.23. The highest BCUT2D eigenvalue weighted by atomic mass is 16.3. The number of fused-ring (bicyclic) bond motifs is 1. The third-order valence-electron chi connectivity index (χ3n) is 4.13. The fourth-order valence-corrected chi connectivity index (χ4v) is 3.03. The number of aliphatic hydroxyl groups excluding tert-OH is 1. The van der Waals surface area contributed by atoms with Crippen LogP contribution in [-0.4, -0.2) is 45.8 Å². The zero-order valence-corrected chi connectivity index (χ0v) is 11.0. The van der Waals surface area contributed by atoms with Gasteiger partial charge in [0.15, 0.2) is 0 Å². The molecule has 0 bridgehead atoms. The SMILES string of the molecule is OCC1CCCN1CCc1c[nH]c2ccc(O)cc12. The Kier molecular flexibility index (Phi) is 3.44. The Balaban J connectivity index is 1.73. The minimum atomic E-state index is 0.259. The molecule has 1 aromatic carbocycles. The van der Waals surface area contributed by atoms with Crippen molar-refractivity contribution >= 4 is 10.9 Å². The first-order valence-electron chi connectivity index (χ1n) is 6.92. The van der Waals surface area contributed by atoms with Gasteiger partial charge in [0, 0.05) is 29.7 Å². The summed E-state index contributed by atoms with van der Waals surface area (Å²) in [4.78, 5) is 5.60. The maximum Gasteiger partial charge on any atom is 0.116 e. The van der Waals surface area contributed by atoms with Crippen LogP contribution in [-0.2, 0) is 6.42 Å². The van der Waals surface area contributed by atoms with Crippen LogP contribution in [0.5, 0.6) is 5.75 Å². The summed E-state index contributed by atoms with van der Waals surface area (Å²) in [7, 11) is 0. The number of aromatic amines is 1. The summed E-state index contributed by atoms with van der Waals surface area (Å²) in [5.74, 6) is 0.308. The lowest BCUT2D eigenvalue weighted by Gasteiger charge is -2.22. The number of hydrogen-bond donors (Lipinski definition) is 3. The second-order valence-corrected chi connectivity index (χ2v) is 5.31. The summed E-state index contributed by atoms with van der Waals surface area (Å²) < 4.78 is 0. The highest BCUT2D eigenvalue weighted by Crippen LogP contribution is 2.24. The van der Waals surface area contributed by atoms with E-state index in [0.29, 0.717) is 11.8 Å². The lowest BCUT2D eigenvalue weighted by atomic mass is 10.1. The van der Waals surface area contributed by atoms with Crippen LogP contribution in [0.15, 0.2) is 24.4 Å². The first-order chi connectivity index (χ1) is 9.28. The van der Waals surface area contributed by atoms with Gasteiger partial charge in [-0.1, -0.05) is 0 Å². The van der Waals surface area contributed by atoms with Crippen LogP contribution < -0.4 is 0 Å². The number of nitrogens with zero attached hydrogens (tertiary/aromatic N) is 1. The van der Waals surface area contributed by atoms with E-state index in [-0.39, 0.29) is 6.61 Å². The first-order valence-corrected chi connectivity index (χ1v) is 6.92. The number of nitrogens with one attached hydrogen (secondary N) is 1. The van der Waals surface area contributed by atoms with Crippen molar-refractivity contribution in [3.63, 3.8) is 0 Å². The molecule has 1 unspecified atom stereocenters. The molecule has 0 amide bonds. The number of benzene rings is 1. The highest BCUT2D eigenvalue weighted by molar-refractivity contribution is 5.84. The molecule has 1 aliphatic rings. The van der Waals surface area contributed by atoms with E-state index in [1.54, 1.807) is 6.07 Å². The van der Waals surface area contributed by atoms with Crippen molar-refractivity contribution in [2.45, 2.75) is 25.3 Å². The number of hydrogen-bond acceptors (Lipinski definition) is 3. The van der Waals surface area contributed by atoms with Crippen molar-refractivity contribution in [2.75, 3.05) is 19.7 Å². The minimum absolute atomic E-state index is 0.259. The van der Waals surface area contributed by atoms with Crippen molar-refractivity contribution in [2.24, 2.45) is 0 Å². The second kappa shape index (κ2) is 5.23. The molecule has 0 spiro atoms. The monoisotopic (exact) mass is 260 g/mol. The number of H-pyrrole nitrogens is 1. The third-order valence-corrected chi connectivity index (χ3v) is 4.13. The number of aliphatic hydroxyl groups is 1. The van der Waals surface area contributed by atoms with E-state index >= 15 is 0 Å². The normalized spacial score (nSPS) is 20.4. The van der Waals surface area contributed by atoms with Crippen molar-refractivity contribution < 1.29 is 10.2 Å². The summed E-state index contributed by atoms with van der Waals surface area (Å²) in [6.45, 7) is 2.31. The van der Waals surface area contributed by atoms with Gasteiger partial charge in [-0.05, 0) is 49.6 Å². The Labute approximate surface area is 112 Å². The molecule has 2 heterocycles. The number of phenolic OH excluding ortho intramolecular Hbond substituents is 1. The van der Waals surface area contributed by atoms with Crippen molar-refractivity contribution in [1.82, 2.24) is 9.88 Å². The summed E-state index contributed by atoms with van der Waals surface area (Å²) in [5.41, 5.74) is 2.29. The molecule has 1 fully saturated rings. The lowest BCUT2D eigenvalue weighted by Crippen LogP contribution is -2.33. The van der Waals surface area contributed by atoms with Gasteiger partial charge in [-0.3, -0.25) is 4.90 Å². The molecule has 2 aromatic rings. The molecule has 1 aromatic heterocycles. The van der Waals surface area contributed by atoms with Gasteiger partial charge < -0.3 is 15.2 Å². The van der Waals surface area contributed by atoms with Crippen LogP contribution in [0.1, 0.15) is 18.4 Å². The molecule has 1 aliphatic heterocycles. The molecular weight excluding hydrogens is 240 g/mol. The zero-order chi connectivity index (χ0) is 13.2. The quantitative estimate of drug-likeness (QED) is 0.786. The van der Waals surface area contributed by atoms with E-state index in [4.69, 9.17) is 0 Å². The van der Waals surface area contributed by atoms with Crippen LogP contribution in [0.4, 0.5) is 0 Å². The van der Waals surface area contributed by atoms with Gasteiger partial charge in [0.05, 0.1) is 6.61 Å². The van der Waals surface area contributed by atoms with Gasteiger partial charge >= 0.3 is 0 Å². The van der Waals surface area contributed by atoms with Gasteiger partial charge in [0.2, 0.25) is 0 Å². The maximum absolute atomic E-state index is 9.58. The van der Waals surface area contributed by atoms with Crippen LogP contribution in [0.2, 0.25) is 0 Å². The fourth-order valence-electron chi connectivity index (χ4n) is 3.03. The topological polar surface area (TPSA) is 59.5 Å². The predicted octanol–water partition coefficient (Wildman–Crippen LogP) is 1.87. The summed E-state index contributed by atoms with van der Waals surface area (Å²) in [6.07, 6.45) is 5.25. The summed E-state index contributed by atoms with van der Waals surface area (Å²) in [5, 5.41) is 20.0. The average Bonchev–Trinajstić information content (AvgIpc) is 3.02. The molecule has 4 nitrogen and oxygen atoms in total. The molecule has 3 rings (SSSR count). The molecule has 0 aliphatic carbocycles. The zero-order valence-electron chi connectivity index (χ0n) is 11.0. The Morgan fingerprint density at radius 2 is 2.26 bits per heavy atom. The molecule has 0 saturated carbocycles. The Morgan fingerprint density at radius 3 is 3.11 bits per heavy atom. The summed E-state index contributed by atoms with van der Waals surface area (Å²) >= 11 is 0. The van der Waals surface area contributed by atoms with Crippen LogP contribution in [0.25, 0.3) is 10.9 Å². The van der Waals surface area contributed by atoms with E-state index in [1.165, 1.54) is 12.0 Å². The van der Waals surface area contributed by atoms with Crippen LogP contribution in [0.3, 0.4) is 0 Å². The molecule has 3 N–H and O–H groups in total. The standard InChI is InChI=1S/C15H20N2O2/c18-10-12-2-1-6-17(12)7-5-11-9-16-15-4-3-13(19)8-14(11)15/h3-4,8-9,12,16,18-19H,1-2,5-7,10H2. The van der Waals surface area contributed by atoms with E-state index in [9.17, 15) is 10.2 Å². The Hall–Kier alpha value is -1.52. The minimum Gasteiger partial charge on any atom is -0.508 e. The van der Waals surface area contributed by atoms with Gasteiger partial charge in [0.25, 0.3) is 0 Å². The van der Waals surface area contributed by atoms with Gasteiger partial charge in [0.1, 0.15) is 5.75 Å². The fraction of sp³-hybridized carbons (Fsp3) is 0.467. The van der Waals surface area contributed by atoms with Crippen molar-refractivity contribution in [3.8, 4) is 5.75 Å². The van der Waals surface area contributed by atoms with E-state index in [2.05, 4.69) is 9.88 Å². The number of phenols is 1. The number of rotatable bonds is 4. The Bertz CT molecular complexity index is 564. The van der Waals surface area contributed by atoms with Crippen LogP contribution in [0, 0.1) is 0 Å². The van der Waals surface area contributed by atoms with Gasteiger partial charge in [-0.15, -0.1) is 0 Å². The number of likely N-dealkylation sites (tertiary alicyclic amines) is 1. The smallest absolute Gasteiger partial charge is 0.116 e.